The maximum absolute atomic E-state index is 12.5. The molecule has 0 aliphatic carbocycles. The number of fused-ring (bicyclic) bond motifs is 1. The summed E-state index contributed by atoms with van der Waals surface area (Å²) in [4.78, 5) is 15.1. The summed E-state index contributed by atoms with van der Waals surface area (Å²) in [5.41, 5.74) is 2.87. The Morgan fingerprint density at radius 2 is 1.92 bits per heavy atom. The first-order valence-electron chi connectivity index (χ1n) is 9.71. The summed E-state index contributed by atoms with van der Waals surface area (Å²) in [5, 5.41) is 6.66. The largest absolute Gasteiger partial charge is 0.382 e. The molecule has 2 aliphatic heterocycles. The molecule has 2 fully saturated rings. The Balaban J connectivity index is 1.34. The summed E-state index contributed by atoms with van der Waals surface area (Å²) in [6.07, 6.45) is 5.07. The third-order valence-electron chi connectivity index (χ3n) is 5.61. The molecule has 2 aromatic carbocycles. The van der Waals surface area contributed by atoms with E-state index >= 15 is 0 Å². The minimum absolute atomic E-state index is 0.0249. The van der Waals surface area contributed by atoms with Gasteiger partial charge in [-0.15, -0.1) is 0 Å². The van der Waals surface area contributed by atoms with Gasteiger partial charge in [0.15, 0.2) is 0 Å². The molecule has 0 spiro atoms. The number of anilines is 1. The second-order valence-electron chi connectivity index (χ2n) is 7.45. The SMILES string of the molecule is O=C(NCc1ccccc1)c1cccc(N[C@H]2CCN3CCC[C@@H]3C2)c1. The van der Waals surface area contributed by atoms with Gasteiger partial charge in [-0.1, -0.05) is 36.4 Å². The first-order chi connectivity index (χ1) is 12.8. The zero-order valence-electron chi connectivity index (χ0n) is 15.2. The lowest BCUT2D eigenvalue weighted by Gasteiger charge is -2.35. The zero-order valence-corrected chi connectivity index (χ0v) is 15.2. The van der Waals surface area contributed by atoms with E-state index in [0.717, 1.165) is 17.3 Å². The molecule has 2 saturated heterocycles. The summed E-state index contributed by atoms with van der Waals surface area (Å²) >= 11 is 0. The molecule has 136 valence electrons. The van der Waals surface area contributed by atoms with Gasteiger partial charge in [-0.05, 0) is 56.0 Å². The van der Waals surface area contributed by atoms with E-state index in [4.69, 9.17) is 0 Å². The Kier molecular flexibility index (Phi) is 5.21. The smallest absolute Gasteiger partial charge is 0.251 e. The molecule has 26 heavy (non-hydrogen) atoms. The van der Waals surface area contributed by atoms with Crippen molar-refractivity contribution in [3.8, 4) is 0 Å². The highest BCUT2D eigenvalue weighted by atomic mass is 16.1. The van der Waals surface area contributed by atoms with Crippen LogP contribution in [0.15, 0.2) is 54.6 Å². The van der Waals surface area contributed by atoms with E-state index in [9.17, 15) is 4.79 Å². The van der Waals surface area contributed by atoms with Gasteiger partial charge < -0.3 is 15.5 Å². The number of hydrogen-bond donors (Lipinski definition) is 2. The van der Waals surface area contributed by atoms with Crippen molar-refractivity contribution in [1.29, 1.82) is 0 Å². The van der Waals surface area contributed by atoms with Gasteiger partial charge in [0.05, 0.1) is 0 Å². The van der Waals surface area contributed by atoms with Crippen molar-refractivity contribution in [2.75, 3.05) is 18.4 Å². The highest BCUT2D eigenvalue weighted by Gasteiger charge is 2.31. The van der Waals surface area contributed by atoms with Gasteiger partial charge in [0.2, 0.25) is 0 Å². The van der Waals surface area contributed by atoms with Gasteiger partial charge in [0.1, 0.15) is 0 Å². The van der Waals surface area contributed by atoms with E-state index < -0.39 is 0 Å². The Bertz CT molecular complexity index is 746. The predicted molar refractivity (Wildman–Crippen MR) is 105 cm³/mol. The van der Waals surface area contributed by atoms with Crippen molar-refractivity contribution in [3.63, 3.8) is 0 Å². The lowest BCUT2D eigenvalue weighted by Crippen LogP contribution is -2.42. The fourth-order valence-electron chi connectivity index (χ4n) is 4.22. The molecule has 4 heteroatoms. The second kappa shape index (κ2) is 7.92. The maximum atomic E-state index is 12.5. The lowest BCUT2D eigenvalue weighted by molar-refractivity contribution is 0.0951. The van der Waals surface area contributed by atoms with Crippen LogP contribution in [0.3, 0.4) is 0 Å². The van der Waals surface area contributed by atoms with Crippen LogP contribution in [0.5, 0.6) is 0 Å². The van der Waals surface area contributed by atoms with Crippen LogP contribution in [0.2, 0.25) is 0 Å². The number of amides is 1. The third-order valence-corrected chi connectivity index (χ3v) is 5.61. The molecule has 2 aromatic rings. The van der Waals surface area contributed by atoms with Crippen molar-refractivity contribution < 1.29 is 4.79 Å². The van der Waals surface area contributed by atoms with Gasteiger partial charge in [-0.25, -0.2) is 0 Å². The predicted octanol–water partition coefficient (Wildman–Crippen LogP) is 3.66. The summed E-state index contributed by atoms with van der Waals surface area (Å²) in [7, 11) is 0. The molecule has 1 amide bonds. The molecule has 2 aliphatic rings. The van der Waals surface area contributed by atoms with Crippen molar-refractivity contribution in [2.24, 2.45) is 0 Å². The average molecular weight is 349 g/mol. The van der Waals surface area contributed by atoms with Crippen molar-refractivity contribution >= 4 is 11.6 Å². The first-order valence-corrected chi connectivity index (χ1v) is 9.71. The monoisotopic (exact) mass is 349 g/mol. The molecule has 0 aromatic heterocycles. The molecule has 0 bridgehead atoms. The zero-order chi connectivity index (χ0) is 17.8. The van der Waals surface area contributed by atoms with Gasteiger partial charge in [-0.3, -0.25) is 4.79 Å². The Labute approximate surface area is 155 Å². The van der Waals surface area contributed by atoms with Gasteiger partial charge in [-0.2, -0.15) is 0 Å². The van der Waals surface area contributed by atoms with Crippen LogP contribution >= 0.6 is 0 Å². The van der Waals surface area contributed by atoms with E-state index in [1.54, 1.807) is 0 Å². The normalized spacial score (nSPS) is 22.6. The highest BCUT2D eigenvalue weighted by molar-refractivity contribution is 5.95. The molecular weight excluding hydrogens is 322 g/mol. The van der Waals surface area contributed by atoms with Crippen LogP contribution in [0, 0.1) is 0 Å². The summed E-state index contributed by atoms with van der Waals surface area (Å²) in [6.45, 7) is 3.02. The Morgan fingerprint density at radius 1 is 1.04 bits per heavy atom. The van der Waals surface area contributed by atoms with Crippen LogP contribution < -0.4 is 10.6 Å². The Morgan fingerprint density at radius 3 is 2.81 bits per heavy atom. The van der Waals surface area contributed by atoms with E-state index in [1.165, 1.54) is 38.8 Å². The van der Waals surface area contributed by atoms with Gasteiger partial charge in [0.25, 0.3) is 5.91 Å². The summed E-state index contributed by atoms with van der Waals surface area (Å²) in [5.74, 6) is -0.0249. The molecule has 0 saturated carbocycles. The quantitative estimate of drug-likeness (QED) is 0.866. The highest BCUT2D eigenvalue weighted by Crippen LogP contribution is 2.28. The van der Waals surface area contributed by atoms with Crippen LogP contribution in [0.4, 0.5) is 5.69 Å². The number of piperidine rings is 1. The second-order valence-corrected chi connectivity index (χ2v) is 7.45. The molecule has 4 rings (SSSR count). The van der Waals surface area contributed by atoms with Gasteiger partial charge >= 0.3 is 0 Å². The van der Waals surface area contributed by atoms with E-state index in [0.29, 0.717) is 18.2 Å². The maximum Gasteiger partial charge on any atom is 0.251 e. The minimum atomic E-state index is -0.0249. The molecule has 0 radical (unpaired) electrons. The van der Waals surface area contributed by atoms with Crippen LogP contribution in [0.1, 0.15) is 41.6 Å². The molecule has 0 unspecified atom stereocenters. The van der Waals surface area contributed by atoms with Crippen molar-refractivity contribution in [3.05, 3.63) is 65.7 Å². The number of carbonyl (C=O) groups excluding carboxylic acids is 1. The van der Waals surface area contributed by atoms with E-state index in [1.807, 2.05) is 48.5 Å². The van der Waals surface area contributed by atoms with Crippen LogP contribution in [-0.2, 0) is 6.54 Å². The van der Waals surface area contributed by atoms with Gasteiger partial charge in [0, 0.05) is 36.4 Å². The third kappa shape index (κ3) is 4.07. The molecular formula is C22H27N3O. The number of rotatable bonds is 5. The van der Waals surface area contributed by atoms with Crippen molar-refractivity contribution in [2.45, 2.75) is 44.3 Å². The molecule has 4 nitrogen and oxygen atoms in total. The summed E-state index contributed by atoms with van der Waals surface area (Å²) < 4.78 is 0. The fourth-order valence-corrected chi connectivity index (χ4v) is 4.22. The minimum Gasteiger partial charge on any atom is -0.382 e. The van der Waals surface area contributed by atoms with Crippen LogP contribution in [-0.4, -0.2) is 36.0 Å². The van der Waals surface area contributed by atoms with Crippen LogP contribution in [0.25, 0.3) is 0 Å². The topological polar surface area (TPSA) is 44.4 Å². The standard InChI is InChI=1S/C22H27N3O/c26-22(23-16-17-6-2-1-3-7-17)18-8-4-9-19(14-18)24-20-11-13-25-12-5-10-21(25)15-20/h1-4,6-9,14,20-21,24H,5,10-13,15-16H2,(H,23,26)/t20-,21+/m0/s1. The number of benzene rings is 2. The van der Waals surface area contributed by atoms with E-state index in [-0.39, 0.29) is 5.91 Å². The fraction of sp³-hybridized carbons (Fsp3) is 0.409. The number of hydrogen-bond acceptors (Lipinski definition) is 3. The number of nitrogens with one attached hydrogen (secondary N) is 2. The average Bonchev–Trinajstić information content (AvgIpc) is 3.15. The summed E-state index contributed by atoms with van der Waals surface area (Å²) in [6, 6.07) is 19.1. The molecule has 2 heterocycles. The number of carbonyl (C=O) groups is 1. The first kappa shape index (κ1) is 17.1. The Hall–Kier alpha value is -2.33. The molecule has 2 atom stereocenters. The number of nitrogens with zero attached hydrogens (tertiary/aromatic N) is 1. The lowest BCUT2D eigenvalue weighted by atomic mass is 9.97. The van der Waals surface area contributed by atoms with E-state index in [2.05, 4.69) is 21.6 Å². The van der Waals surface area contributed by atoms with Crippen molar-refractivity contribution in [1.82, 2.24) is 10.2 Å². The molecule has 2 N–H and O–H groups in total.